The number of ether oxygens (including phenoxy) is 1. The normalized spacial score (nSPS) is 11.7. The van der Waals surface area contributed by atoms with Crippen LogP contribution in [0.1, 0.15) is 0 Å². The molecule has 0 fully saturated rings. The van der Waals surface area contributed by atoms with Crippen LogP contribution in [-0.2, 0) is 0 Å². The molecule has 3 aromatic rings. The van der Waals surface area contributed by atoms with Gasteiger partial charge in [0.2, 0.25) is 5.90 Å². The van der Waals surface area contributed by atoms with Gasteiger partial charge in [-0.15, -0.1) is 0 Å². The molecule has 130 valence electrons. The van der Waals surface area contributed by atoms with Gasteiger partial charge in [0.1, 0.15) is 5.75 Å². The molecule has 0 atom stereocenters. The molecule has 5 heteroatoms. The number of halogens is 2. The van der Waals surface area contributed by atoms with E-state index in [4.69, 9.17) is 27.9 Å². The van der Waals surface area contributed by atoms with E-state index in [0.717, 1.165) is 16.3 Å². The zero-order valence-corrected chi connectivity index (χ0v) is 16.0. The van der Waals surface area contributed by atoms with Gasteiger partial charge >= 0.3 is 0 Å². The molecule has 0 saturated heterocycles. The number of benzene rings is 3. The quantitative estimate of drug-likeness (QED) is 0.253. The molecule has 0 aliphatic carbocycles. The molecule has 0 amide bonds. The third kappa shape index (κ3) is 5.95. The van der Waals surface area contributed by atoms with Crippen LogP contribution in [0.2, 0.25) is 10.0 Å². The van der Waals surface area contributed by atoms with Gasteiger partial charge in [0.05, 0.1) is 5.69 Å². The first-order valence-electron chi connectivity index (χ1n) is 7.85. The van der Waals surface area contributed by atoms with E-state index in [1.54, 1.807) is 6.07 Å². The lowest BCUT2D eigenvalue weighted by atomic mass is 10.3. The summed E-state index contributed by atoms with van der Waals surface area (Å²) >= 11 is 13.6. The van der Waals surface area contributed by atoms with E-state index in [2.05, 4.69) is 4.99 Å². The highest BCUT2D eigenvalue weighted by Gasteiger charge is 2.01. The maximum Gasteiger partial charge on any atom is 0.220 e. The van der Waals surface area contributed by atoms with Crippen LogP contribution in [0.15, 0.2) is 100 Å². The predicted octanol–water partition coefficient (Wildman–Crippen LogP) is 7.41. The molecule has 0 spiro atoms. The molecule has 0 N–H and O–H groups in total. The fourth-order valence-corrected chi connectivity index (χ4v) is 3.49. The molecule has 0 heterocycles. The van der Waals surface area contributed by atoms with Gasteiger partial charge in [-0.05, 0) is 47.9 Å². The summed E-state index contributed by atoms with van der Waals surface area (Å²) in [5.74, 6) is 1.21. The first-order chi connectivity index (χ1) is 12.7. The Morgan fingerprint density at radius 2 is 1.46 bits per heavy atom. The van der Waals surface area contributed by atoms with Crippen molar-refractivity contribution in [3.8, 4) is 5.75 Å². The number of aliphatic imine (C=N–C) groups is 1. The Hall–Kier alpha value is -2.20. The number of para-hydroxylation sites is 2. The van der Waals surface area contributed by atoms with Crippen molar-refractivity contribution in [3.63, 3.8) is 0 Å². The van der Waals surface area contributed by atoms with Crippen molar-refractivity contribution in [2.45, 2.75) is 4.90 Å². The molecule has 0 aromatic heterocycles. The highest BCUT2D eigenvalue weighted by molar-refractivity contribution is 8.02. The monoisotopic (exact) mass is 399 g/mol. The predicted molar refractivity (Wildman–Crippen MR) is 112 cm³/mol. The van der Waals surface area contributed by atoms with Crippen LogP contribution in [0.25, 0.3) is 0 Å². The standard InChI is InChI=1S/C21H15Cl2NOS/c22-16-13-17(23)15-20(14-16)26-12-11-21(24-18-7-3-1-4-8-18)25-19-9-5-2-6-10-19/h1-15H. The van der Waals surface area contributed by atoms with Gasteiger partial charge in [-0.25, -0.2) is 4.99 Å². The molecule has 3 aromatic carbocycles. The molecule has 0 aliphatic rings. The zero-order chi connectivity index (χ0) is 18.2. The second kappa shape index (κ2) is 9.48. The molecule has 0 unspecified atom stereocenters. The number of hydrogen-bond donors (Lipinski definition) is 0. The number of thioether (sulfide) groups is 1. The topological polar surface area (TPSA) is 21.6 Å². The third-order valence-corrected chi connectivity index (χ3v) is 4.43. The third-order valence-electron chi connectivity index (χ3n) is 3.21. The average Bonchev–Trinajstić information content (AvgIpc) is 2.62. The van der Waals surface area contributed by atoms with Crippen LogP contribution < -0.4 is 4.74 Å². The molecule has 0 aliphatic heterocycles. The minimum atomic E-state index is 0.489. The maximum atomic E-state index is 6.04. The fourth-order valence-electron chi connectivity index (χ4n) is 2.10. The summed E-state index contributed by atoms with van der Waals surface area (Å²) in [7, 11) is 0. The first-order valence-corrected chi connectivity index (χ1v) is 9.48. The van der Waals surface area contributed by atoms with E-state index in [0.29, 0.717) is 15.9 Å². The molecule has 0 saturated carbocycles. The Bertz CT molecular complexity index is 892. The average molecular weight is 400 g/mol. The van der Waals surface area contributed by atoms with E-state index in [-0.39, 0.29) is 0 Å². The molecular weight excluding hydrogens is 385 g/mol. The molecule has 2 nitrogen and oxygen atoms in total. The van der Waals surface area contributed by atoms with Crippen molar-refractivity contribution in [2.75, 3.05) is 0 Å². The van der Waals surface area contributed by atoms with Crippen LogP contribution in [0.3, 0.4) is 0 Å². The number of rotatable bonds is 5. The van der Waals surface area contributed by atoms with Crippen molar-refractivity contribution in [3.05, 3.63) is 100 Å². The van der Waals surface area contributed by atoms with Crippen LogP contribution >= 0.6 is 35.0 Å². The van der Waals surface area contributed by atoms with Crippen LogP contribution in [0.4, 0.5) is 5.69 Å². The summed E-state index contributed by atoms with van der Waals surface area (Å²) in [6, 6.07) is 24.6. The highest BCUT2D eigenvalue weighted by atomic mass is 35.5. The van der Waals surface area contributed by atoms with Crippen LogP contribution in [-0.4, -0.2) is 5.90 Å². The first kappa shape index (κ1) is 18.6. The summed E-state index contributed by atoms with van der Waals surface area (Å²) < 4.78 is 5.90. The Morgan fingerprint density at radius 3 is 2.12 bits per heavy atom. The summed E-state index contributed by atoms with van der Waals surface area (Å²) in [5, 5.41) is 3.10. The smallest absolute Gasteiger partial charge is 0.220 e. The van der Waals surface area contributed by atoms with Gasteiger partial charge < -0.3 is 4.74 Å². The number of hydrogen-bond acceptors (Lipinski definition) is 3. The largest absolute Gasteiger partial charge is 0.439 e. The van der Waals surface area contributed by atoms with E-state index in [1.807, 2.05) is 84.3 Å². The Labute approximate surface area is 167 Å². The van der Waals surface area contributed by atoms with Gasteiger partial charge in [-0.3, -0.25) is 0 Å². The molecule has 0 bridgehead atoms. The minimum absolute atomic E-state index is 0.489. The Kier molecular flexibility index (Phi) is 6.78. The minimum Gasteiger partial charge on any atom is -0.439 e. The van der Waals surface area contributed by atoms with Crippen molar-refractivity contribution in [2.24, 2.45) is 4.99 Å². The fraction of sp³-hybridized carbons (Fsp3) is 0. The van der Waals surface area contributed by atoms with E-state index in [9.17, 15) is 0 Å². The summed E-state index contributed by atoms with van der Waals surface area (Å²) in [4.78, 5) is 5.50. The summed E-state index contributed by atoms with van der Waals surface area (Å²) in [6.07, 6.45) is 1.82. The maximum absolute atomic E-state index is 6.04. The molecule has 26 heavy (non-hydrogen) atoms. The lowest BCUT2D eigenvalue weighted by Gasteiger charge is -2.06. The van der Waals surface area contributed by atoms with Gasteiger partial charge in [0, 0.05) is 21.0 Å². The zero-order valence-electron chi connectivity index (χ0n) is 13.7. The summed E-state index contributed by atoms with van der Waals surface area (Å²) in [5.41, 5.74) is 0.818. The van der Waals surface area contributed by atoms with Crippen molar-refractivity contribution in [1.29, 1.82) is 0 Å². The van der Waals surface area contributed by atoms with Crippen molar-refractivity contribution < 1.29 is 4.74 Å². The molecular formula is C21H15Cl2NOS. The van der Waals surface area contributed by atoms with Gasteiger partial charge in [-0.2, -0.15) is 0 Å². The van der Waals surface area contributed by atoms with E-state index >= 15 is 0 Å². The van der Waals surface area contributed by atoms with E-state index in [1.165, 1.54) is 11.8 Å². The Balaban J connectivity index is 1.79. The van der Waals surface area contributed by atoms with Gasteiger partial charge in [0.25, 0.3) is 0 Å². The van der Waals surface area contributed by atoms with Gasteiger partial charge in [-0.1, -0.05) is 71.4 Å². The second-order valence-corrected chi connectivity index (χ2v) is 7.08. The lowest BCUT2D eigenvalue weighted by Crippen LogP contribution is -2.04. The molecule has 0 radical (unpaired) electrons. The number of nitrogens with zero attached hydrogens (tertiary/aromatic N) is 1. The Morgan fingerprint density at radius 1 is 0.846 bits per heavy atom. The van der Waals surface area contributed by atoms with Crippen molar-refractivity contribution >= 4 is 46.5 Å². The van der Waals surface area contributed by atoms with Crippen LogP contribution in [0.5, 0.6) is 5.75 Å². The SMILES string of the molecule is Clc1cc(Cl)cc(SC=CC(=Nc2ccccc2)Oc2ccccc2)c1. The summed E-state index contributed by atoms with van der Waals surface area (Å²) in [6.45, 7) is 0. The van der Waals surface area contributed by atoms with Crippen molar-refractivity contribution in [1.82, 2.24) is 0 Å². The molecule has 3 rings (SSSR count). The highest BCUT2D eigenvalue weighted by Crippen LogP contribution is 2.27. The second-order valence-electron chi connectivity index (χ2n) is 5.23. The van der Waals surface area contributed by atoms with Gasteiger partial charge in [0.15, 0.2) is 0 Å². The van der Waals surface area contributed by atoms with Crippen LogP contribution in [0, 0.1) is 0 Å². The lowest BCUT2D eigenvalue weighted by molar-refractivity contribution is 0.556. The van der Waals surface area contributed by atoms with E-state index < -0.39 is 0 Å².